The lowest BCUT2D eigenvalue weighted by Gasteiger charge is -2.28. The average molecular weight is 573 g/mol. The molecule has 10 atom stereocenters. The molecule has 0 aromatic heterocycles. The van der Waals surface area contributed by atoms with Gasteiger partial charge in [-0.1, -0.05) is 84.9 Å². The Morgan fingerprint density at radius 2 is 1.65 bits per heavy atom. The van der Waals surface area contributed by atoms with Gasteiger partial charge in [0.1, 0.15) is 0 Å². The molecule has 1 aromatic rings. The fourth-order valence-corrected chi connectivity index (χ4v) is 8.64. The predicted octanol–water partition coefficient (Wildman–Crippen LogP) is 8.67. The standard InChI is InChI=1S/C35H56O4S/c1-10-23(2)19-34-30(9)32(22-40(36,37)31-14-12-11-13-15-31)35(39-34)21-26(5)29(8)25(4)18-24(3)16-17-33-27(6)20-28(7)38-33/h11-15,23-26,28,30,32-35H,6,8,10,16-22H2,1-5,7,9H3/t23-,24-,25-,26-,28+,30-,32-,33?,34?,35+/m1/s1. The van der Waals surface area contributed by atoms with Gasteiger partial charge in [-0.3, -0.25) is 0 Å². The zero-order chi connectivity index (χ0) is 29.6. The zero-order valence-corrected chi connectivity index (χ0v) is 27.1. The molecule has 0 N–H and O–H groups in total. The fourth-order valence-electron chi connectivity index (χ4n) is 6.86. The molecule has 5 heteroatoms. The Labute approximate surface area is 245 Å². The summed E-state index contributed by atoms with van der Waals surface area (Å²) in [6.07, 6.45) is 7.69. The summed E-state index contributed by atoms with van der Waals surface area (Å²) in [5.74, 6) is 2.12. The van der Waals surface area contributed by atoms with Gasteiger partial charge in [0, 0.05) is 5.92 Å². The van der Waals surface area contributed by atoms with Crippen molar-refractivity contribution >= 4 is 9.84 Å². The predicted molar refractivity (Wildman–Crippen MR) is 167 cm³/mol. The van der Waals surface area contributed by atoms with E-state index in [0.29, 0.717) is 28.8 Å². The molecule has 40 heavy (non-hydrogen) atoms. The maximum Gasteiger partial charge on any atom is 0.178 e. The molecule has 226 valence electrons. The lowest BCUT2D eigenvalue weighted by atomic mass is 9.79. The van der Waals surface area contributed by atoms with Crippen molar-refractivity contribution in [2.75, 3.05) is 5.75 Å². The monoisotopic (exact) mass is 572 g/mol. The molecule has 2 heterocycles. The van der Waals surface area contributed by atoms with Crippen LogP contribution in [0.25, 0.3) is 0 Å². The summed E-state index contributed by atoms with van der Waals surface area (Å²) < 4.78 is 39.6. The summed E-state index contributed by atoms with van der Waals surface area (Å²) >= 11 is 0. The molecule has 2 saturated heterocycles. The van der Waals surface area contributed by atoms with E-state index in [2.05, 4.69) is 61.6 Å². The third kappa shape index (κ3) is 8.79. The highest BCUT2D eigenvalue weighted by Crippen LogP contribution is 2.42. The van der Waals surface area contributed by atoms with E-state index in [1.54, 1.807) is 24.3 Å². The highest BCUT2D eigenvalue weighted by atomic mass is 32.2. The molecule has 3 rings (SSSR count). The van der Waals surface area contributed by atoms with Crippen LogP contribution >= 0.6 is 0 Å². The molecular weight excluding hydrogens is 516 g/mol. The topological polar surface area (TPSA) is 52.6 Å². The van der Waals surface area contributed by atoms with E-state index in [-0.39, 0.29) is 41.8 Å². The minimum atomic E-state index is -3.40. The molecule has 0 bridgehead atoms. The third-order valence-corrected chi connectivity index (χ3v) is 11.7. The minimum absolute atomic E-state index is 0.0226. The van der Waals surface area contributed by atoms with Crippen molar-refractivity contribution in [3.05, 3.63) is 54.6 Å². The Bertz CT molecular complexity index is 1060. The van der Waals surface area contributed by atoms with Crippen LogP contribution in [-0.4, -0.2) is 38.6 Å². The lowest BCUT2D eigenvalue weighted by molar-refractivity contribution is 0.00922. The largest absolute Gasteiger partial charge is 0.374 e. The van der Waals surface area contributed by atoms with E-state index >= 15 is 0 Å². The quantitative estimate of drug-likeness (QED) is 0.197. The van der Waals surface area contributed by atoms with Crippen molar-refractivity contribution in [2.24, 2.45) is 35.5 Å². The number of benzene rings is 1. The summed E-state index contributed by atoms with van der Waals surface area (Å²) in [5, 5.41) is 0. The van der Waals surface area contributed by atoms with Crippen LogP contribution in [0.15, 0.2) is 59.5 Å². The second-order valence-corrected chi connectivity index (χ2v) is 15.4. The van der Waals surface area contributed by atoms with Gasteiger partial charge in [0.2, 0.25) is 0 Å². The minimum Gasteiger partial charge on any atom is -0.374 e. The summed E-state index contributed by atoms with van der Waals surface area (Å²) in [6.45, 7) is 24.4. The van der Waals surface area contributed by atoms with Gasteiger partial charge in [-0.05, 0) is 92.7 Å². The second-order valence-electron chi connectivity index (χ2n) is 13.4. The Hall–Kier alpha value is -1.43. The zero-order valence-electron chi connectivity index (χ0n) is 26.3. The van der Waals surface area contributed by atoms with Crippen LogP contribution in [0, 0.1) is 35.5 Å². The Balaban J connectivity index is 1.63. The van der Waals surface area contributed by atoms with E-state index in [0.717, 1.165) is 44.9 Å². The van der Waals surface area contributed by atoms with Crippen molar-refractivity contribution in [1.29, 1.82) is 0 Å². The summed E-state index contributed by atoms with van der Waals surface area (Å²) in [7, 11) is -3.40. The molecule has 2 fully saturated rings. The summed E-state index contributed by atoms with van der Waals surface area (Å²) in [6, 6.07) is 8.89. The fraction of sp³-hybridized carbons (Fsp3) is 0.714. The first-order valence-electron chi connectivity index (χ1n) is 15.8. The van der Waals surface area contributed by atoms with Crippen LogP contribution in [-0.2, 0) is 19.3 Å². The molecule has 2 aliphatic rings. The van der Waals surface area contributed by atoms with Crippen LogP contribution in [0.2, 0.25) is 0 Å². The molecule has 0 aliphatic carbocycles. The molecule has 4 nitrogen and oxygen atoms in total. The molecule has 0 radical (unpaired) electrons. The number of rotatable bonds is 15. The summed E-state index contributed by atoms with van der Waals surface area (Å²) in [4.78, 5) is 0.410. The lowest BCUT2D eigenvalue weighted by Crippen LogP contribution is -2.30. The van der Waals surface area contributed by atoms with Gasteiger partial charge in [-0.25, -0.2) is 8.42 Å². The first-order valence-corrected chi connectivity index (χ1v) is 17.4. The van der Waals surface area contributed by atoms with Crippen LogP contribution in [0.5, 0.6) is 0 Å². The molecule has 0 amide bonds. The second kappa shape index (κ2) is 14.6. The van der Waals surface area contributed by atoms with Crippen molar-refractivity contribution in [1.82, 2.24) is 0 Å². The molecule has 2 unspecified atom stereocenters. The van der Waals surface area contributed by atoms with E-state index in [1.165, 1.54) is 11.1 Å². The van der Waals surface area contributed by atoms with E-state index in [1.807, 2.05) is 6.07 Å². The maximum absolute atomic E-state index is 13.4. The van der Waals surface area contributed by atoms with Crippen LogP contribution in [0.4, 0.5) is 0 Å². The van der Waals surface area contributed by atoms with Crippen LogP contribution < -0.4 is 0 Å². The SMILES string of the molecule is C=C1C[C@H](C)OC1CC[C@@H](C)C[C@@H](C)C(=C)[C@H](C)C[C@@H]1OC(C[C@H](C)CC)[C@H](C)[C@H]1CS(=O)(=O)c1ccccc1. The molecule has 2 aliphatic heterocycles. The van der Waals surface area contributed by atoms with Gasteiger partial charge >= 0.3 is 0 Å². The van der Waals surface area contributed by atoms with Crippen molar-refractivity contribution in [3.63, 3.8) is 0 Å². The highest BCUT2D eigenvalue weighted by molar-refractivity contribution is 7.91. The van der Waals surface area contributed by atoms with Gasteiger partial charge in [-0.15, -0.1) is 0 Å². The Morgan fingerprint density at radius 3 is 2.25 bits per heavy atom. The van der Waals surface area contributed by atoms with Crippen LogP contribution in [0.1, 0.15) is 93.4 Å². The normalized spacial score (nSPS) is 30.2. The maximum atomic E-state index is 13.4. The van der Waals surface area contributed by atoms with E-state index in [4.69, 9.17) is 9.47 Å². The number of hydrogen-bond donors (Lipinski definition) is 0. The van der Waals surface area contributed by atoms with Gasteiger partial charge in [0.25, 0.3) is 0 Å². The molecule has 1 aromatic carbocycles. The number of ether oxygens (including phenoxy) is 2. The average Bonchev–Trinajstić information content (AvgIpc) is 3.38. The first kappa shape index (κ1) is 33.1. The highest BCUT2D eigenvalue weighted by Gasteiger charge is 2.44. The Morgan fingerprint density at radius 1 is 0.975 bits per heavy atom. The van der Waals surface area contributed by atoms with E-state index < -0.39 is 9.84 Å². The number of hydrogen-bond acceptors (Lipinski definition) is 4. The number of allylic oxidation sites excluding steroid dienone is 1. The van der Waals surface area contributed by atoms with Gasteiger partial charge < -0.3 is 9.47 Å². The molecule has 0 spiro atoms. The van der Waals surface area contributed by atoms with Crippen molar-refractivity contribution in [2.45, 2.75) is 123 Å². The Kier molecular flexibility index (Phi) is 12.1. The van der Waals surface area contributed by atoms with Crippen LogP contribution in [0.3, 0.4) is 0 Å². The first-order chi connectivity index (χ1) is 18.8. The van der Waals surface area contributed by atoms with Crippen molar-refractivity contribution in [3.8, 4) is 0 Å². The number of sulfone groups is 1. The molecular formula is C35H56O4S. The van der Waals surface area contributed by atoms with Gasteiger partial charge in [0.15, 0.2) is 9.84 Å². The van der Waals surface area contributed by atoms with Crippen molar-refractivity contribution < 1.29 is 17.9 Å². The van der Waals surface area contributed by atoms with Gasteiger partial charge in [0.05, 0.1) is 35.1 Å². The van der Waals surface area contributed by atoms with Gasteiger partial charge in [-0.2, -0.15) is 0 Å². The third-order valence-electron chi connectivity index (χ3n) is 9.87. The smallest absolute Gasteiger partial charge is 0.178 e. The van der Waals surface area contributed by atoms with E-state index in [9.17, 15) is 8.42 Å². The molecule has 0 saturated carbocycles. The summed E-state index contributed by atoms with van der Waals surface area (Å²) in [5.41, 5.74) is 2.50.